The summed E-state index contributed by atoms with van der Waals surface area (Å²) >= 11 is 0. The molecular formula is C22H27NO4. The predicted molar refractivity (Wildman–Crippen MR) is 99.9 cm³/mol. The summed E-state index contributed by atoms with van der Waals surface area (Å²) in [6.45, 7) is 4.11. The van der Waals surface area contributed by atoms with Gasteiger partial charge < -0.3 is 19.7 Å². The number of hydrogen-bond donors (Lipinski definition) is 2. The summed E-state index contributed by atoms with van der Waals surface area (Å²) in [5.74, 6) is 2.36. The maximum atomic E-state index is 12.3. The van der Waals surface area contributed by atoms with Crippen LogP contribution < -0.4 is 4.74 Å². The number of aromatic hydroxyl groups is 1. The van der Waals surface area contributed by atoms with E-state index in [1.807, 2.05) is 13.0 Å². The minimum Gasteiger partial charge on any atom is -0.504 e. The number of rotatable bonds is 3. The summed E-state index contributed by atoms with van der Waals surface area (Å²) < 4.78 is 12.1. The van der Waals surface area contributed by atoms with Crippen molar-refractivity contribution in [3.8, 4) is 11.5 Å². The van der Waals surface area contributed by atoms with Gasteiger partial charge in [-0.15, -0.1) is 0 Å². The number of nitrogens with zero attached hydrogens (tertiary/aromatic N) is 1. The number of ether oxygens (including phenoxy) is 2. The number of benzene rings is 1. The number of hydrogen-bond acceptors (Lipinski definition) is 5. The second-order valence-electron chi connectivity index (χ2n) is 9.28. The standard InChI is InChI=1S/C22H27NO4/c1-12-10-22(25)16-9-14-5-6-15(24)19-17(14)21(22,20(27-19)18(12)26-2)7-8-23(16)11-13-3-4-13/h5-6,13,16,20,24-25H,3-4,7-11H2,1-2H3/t16-,20+,21+,22-/m1/s1. The highest BCUT2D eigenvalue weighted by molar-refractivity contribution is 5.64. The first kappa shape index (κ1) is 16.3. The van der Waals surface area contributed by atoms with E-state index in [1.54, 1.807) is 13.2 Å². The zero-order valence-corrected chi connectivity index (χ0v) is 16.0. The molecule has 2 N–H and O–H groups in total. The van der Waals surface area contributed by atoms with Crippen LogP contribution in [0.15, 0.2) is 23.5 Å². The Morgan fingerprint density at radius 1 is 1.33 bits per heavy atom. The third-order valence-electron chi connectivity index (χ3n) is 7.93. The van der Waals surface area contributed by atoms with Crippen molar-refractivity contribution in [1.29, 1.82) is 0 Å². The molecule has 144 valence electrons. The van der Waals surface area contributed by atoms with Gasteiger partial charge >= 0.3 is 0 Å². The summed E-state index contributed by atoms with van der Waals surface area (Å²) in [5, 5.41) is 22.8. The summed E-state index contributed by atoms with van der Waals surface area (Å²) in [5.41, 5.74) is 1.91. The second kappa shape index (κ2) is 5.00. The van der Waals surface area contributed by atoms with Gasteiger partial charge in [-0.3, -0.25) is 4.90 Å². The van der Waals surface area contributed by atoms with Crippen LogP contribution in [0.2, 0.25) is 0 Å². The second-order valence-corrected chi connectivity index (χ2v) is 9.28. The third-order valence-corrected chi connectivity index (χ3v) is 7.93. The van der Waals surface area contributed by atoms with Gasteiger partial charge in [-0.05, 0) is 62.3 Å². The van der Waals surface area contributed by atoms with Crippen LogP contribution in [-0.4, -0.2) is 53.1 Å². The van der Waals surface area contributed by atoms with Gasteiger partial charge in [0.25, 0.3) is 0 Å². The van der Waals surface area contributed by atoms with Crippen molar-refractivity contribution in [3.63, 3.8) is 0 Å². The first-order valence-corrected chi connectivity index (χ1v) is 10.2. The molecule has 2 aliphatic heterocycles. The zero-order chi connectivity index (χ0) is 18.6. The molecule has 5 heteroatoms. The molecule has 1 saturated heterocycles. The highest BCUT2D eigenvalue weighted by atomic mass is 16.5. The number of piperidine rings is 1. The molecule has 2 bridgehead atoms. The average Bonchev–Trinajstić information content (AvgIpc) is 3.37. The van der Waals surface area contributed by atoms with Crippen LogP contribution in [0.4, 0.5) is 0 Å². The predicted octanol–water partition coefficient (Wildman–Crippen LogP) is 2.49. The minimum absolute atomic E-state index is 0.0919. The molecule has 1 spiro atoms. The van der Waals surface area contributed by atoms with Crippen LogP contribution in [-0.2, 0) is 16.6 Å². The fraction of sp³-hybridized carbons (Fsp3) is 0.636. The fourth-order valence-corrected chi connectivity index (χ4v) is 6.64. The lowest BCUT2D eigenvalue weighted by Crippen LogP contribution is -2.75. The van der Waals surface area contributed by atoms with Gasteiger partial charge in [0.05, 0.1) is 18.1 Å². The number of likely N-dealkylation sites (tertiary alicyclic amines) is 1. The van der Waals surface area contributed by atoms with Crippen LogP contribution in [0.5, 0.6) is 11.5 Å². The van der Waals surface area contributed by atoms with Crippen LogP contribution in [0.25, 0.3) is 0 Å². The van der Waals surface area contributed by atoms with E-state index >= 15 is 0 Å². The topological polar surface area (TPSA) is 62.2 Å². The molecule has 0 unspecified atom stereocenters. The summed E-state index contributed by atoms with van der Waals surface area (Å²) in [6, 6.07) is 3.87. The highest BCUT2D eigenvalue weighted by Gasteiger charge is 2.72. The van der Waals surface area contributed by atoms with E-state index in [0.29, 0.717) is 12.2 Å². The first-order valence-electron chi connectivity index (χ1n) is 10.2. The van der Waals surface area contributed by atoms with Crippen molar-refractivity contribution in [1.82, 2.24) is 4.90 Å². The van der Waals surface area contributed by atoms with E-state index < -0.39 is 11.0 Å². The monoisotopic (exact) mass is 369 g/mol. The first-order chi connectivity index (χ1) is 13.0. The molecule has 0 radical (unpaired) electrons. The van der Waals surface area contributed by atoms with Crippen LogP contribution in [0.1, 0.15) is 43.7 Å². The van der Waals surface area contributed by atoms with E-state index in [4.69, 9.17) is 9.47 Å². The average molecular weight is 369 g/mol. The molecule has 4 atom stereocenters. The van der Waals surface area contributed by atoms with E-state index in [1.165, 1.54) is 18.4 Å². The smallest absolute Gasteiger partial charge is 0.168 e. The molecule has 2 fully saturated rings. The van der Waals surface area contributed by atoms with Gasteiger partial charge in [0.15, 0.2) is 17.6 Å². The Hall–Kier alpha value is -1.72. The zero-order valence-electron chi connectivity index (χ0n) is 16.0. The quantitative estimate of drug-likeness (QED) is 0.857. The molecule has 3 aliphatic carbocycles. The lowest BCUT2D eigenvalue weighted by Gasteiger charge is -2.63. The lowest BCUT2D eigenvalue weighted by atomic mass is 9.49. The third kappa shape index (κ3) is 1.78. The Morgan fingerprint density at radius 2 is 2.15 bits per heavy atom. The highest BCUT2D eigenvalue weighted by Crippen LogP contribution is 2.66. The molecule has 6 rings (SSSR count). The molecule has 0 amide bonds. The molecule has 27 heavy (non-hydrogen) atoms. The molecule has 0 aromatic heterocycles. The Balaban J connectivity index is 1.60. The number of phenolic OH excluding ortho intramolecular Hbond substituents is 1. The molecule has 1 saturated carbocycles. The van der Waals surface area contributed by atoms with Crippen LogP contribution >= 0.6 is 0 Å². The van der Waals surface area contributed by atoms with Crippen molar-refractivity contribution >= 4 is 0 Å². The maximum absolute atomic E-state index is 12.3. The van der Waals surface area contributed by atoms with Gasteiger partial charge in [0.1, 0.15) is 5.76 Å². The molecule has 5 nitrogen and oxygen atoms in total. The van der Waals surface area contributed by atoms with Crippen LogP contribution in [0.3, 0.4) is 0 Å². The number of aliphatic hydroxyl groups is 1. The van der Waals surface area contributed by atoms with E-state index in [-0.39, 0.29) is 17.9 Å². The van der Waals surface area contributed by atoms with Gasteiger partial charge in [-0.2, -0.15) is 0 Å². The normalized spacial score (nSPS) is 39.2. The largest absolute Gasteiger partial charge is 0.504 e. The molecule has 2 heterocycles. The Labute approximate surface area is 159 Å². The van der Waals surface area contributed by atoms with Gasteiger partial charge in [-0.1, -0.05) is 6.07 Å². The molecular weight excluding hydrogens is 342 g/mol. The molecule has 1 aromatic carbocycles. The SMILES string of the molecule is COC1=C(C)C[C@@]2(O)[C@H]3Cc4ccc(O)c5c4[C@@]2(CCN3CC2CC2)[C@H]1O5. The summed E-state index contributed by atoms with van der Waals surface area (Å²) in [6.07, 6.45) is 4.55. The number of phenols is 1. The van der Waals surface area contributed by atoms with Crippen molar-refractivity contribution in [2.45, 2.75) is 62.2 Å². The van der Waals surface area contributed by atoms with Gasteiger partial charge in [0, 0.05) is 24.6 Å². The van der Waals surface area contributed by atoms with Gasteiger partial charge in [-0.25, -0.2) is 0 Å². The Kier molecular flexibility index (Phi) is 3.01. The molecule has 5 aliphatic rings. The van der Waals surface area contributed by atoms with Crippen LogP contribution in [0, 0.1) is 5.92 Å². The van der Waals surface area contributed by atoms with E-state index in [0.717, 1.165) is 48.7 Å². The van der Waals surface area contributed by atoms with E-state index in [9.17, 15) is 10.2 Å². The van der Waals surface area contributed by atoms with Crippen molar-refractivity contribution in [2.24, 2.45) is 5.92 Å². The van der Waals surface area contributed by atoms with Crippen molar-refractivity contribution in [3.05, 3.63) is 34.6 Å². The fourth-order valence-electron chi connectivity index (χ4n) is 6.64. The maximum Gasteiger partial charge on any atom is 0.168 e. The van der Waals surface area contributed by atoms with Gasteiger partial charge in [0.2, 0.25) is 0 Å². The summed E-state index contributed by atoms with van der Waals surface area (Å²) in [4.78, 5) is 2.54. The van der Waals surface area contributed by atoms with Crippen molar-refractivity contribution < 1.29 is 19.7 Å². The Morgan fingerprint density at radius 3 is 2.89 bits per heavy atom. The number of methoxy groups -OCH3 is 1. The molecule has 1 aromatic rings. The Bertz CT molecular complexity index is 875. The minimum atomic E-state index is -0.886. The summed E-state index contributed by atoms with van der Waals surface area (Å²) in [7, 11) is 1.69. The lowest BCUT2D eigenvalue weighted by molar-refractivity contribution is -0.172. The van der Waals surface area contributed by atoms with E-state index in [2.05, 4.69) is 4.90 Å². The van der Waals surface area contributed by atoms with Crippen molar-refractivity contribution in [2.75, 3.05) is 20.2 Å².